The van der Waals surface area contributed by atoms with Gasteiger partial charge in [-0.25, -0.2) is 0 Å². The van der Waals surface area contributed by atoms with Crippen molar-refractivity contribution in [2.75, 3.05) is 11.9 Å². The molecule has 0 saturated heterocycles. The molecule has 0 spiro atoms. The molecular formula is C22H18Br2N4O4S. The van der Waals surface area contributed by atoms with Crippen molar-refractivity contribution in [3.8, 4) is 5.75 Å². The first-order valence-electron chi connectivity index (χ1n) is 9.51. The zero-order valence-corrected chi connectivity index (χ0v) is 21.2. The van der Waals surface area contributed by atoms with Crippen LogP contribution in [0.15, 0.2) is 63.5 Å². The van der Waals surface area contributed by atoms with Gasteiger partial charge in [0.05, 0.1) is 4.47 Å². The normalized spacial score (nSPS) is 10.3. The highest BCUT2D eigenvalue weighted by atomic mass is 79.9. The van der Waals surface area contributed by atoms with Crippen molar-refractivity contribution in [1.29, 1.82) is 0 Å². The summed E-state index contributed by atoms with van der Waals surface area (Å²) in [5.41, 5.74) is 5.75. The van der Waals surface area contributed by atoms with Crippen LogP contribution in [-0.4, -0.2) is 29.4 Å². The van der Waals surface area contributed by atoms with E-state index in [1.807, 2.05) is 24.3 Å². The molecule has 170 valence electrons. The molecule has 0 radical (unpaired) electrons. The Kier molecular flexibility index (Phi) is 8.37. The zero-order valence-electron chi connectivity index (χ0n) is 17.2. The Morgan fingerprint density at radius 2 is 1.70 bits per heavy atom. The number of anilines is 1. The monoisotopic (exact) mass is 592 g/mol. The molecule has 3 rings (SSSR count). The zero-order chi connectivity index (χ0) is 24.0. The van der Waals surface area contributed by atoms with Crippen LogP contribution in [-0.2, 0) is 9.59 Å². The molecule has 3 amide bonds. The Morgan fingerprint density at radius 1 is 0.970 bits per heavy atom. The number of nitrogens with one attached hydrogen (secondary N) is 4. The number of benzene rings is 3. The summed E-state index contributed by atoms with van der Waals surface area (Å²) in [6.45, 7) is 1.12. The number of fused-ring (bicyclic) bond motifs is 1. The minimum atomic E-state index is -0.496. The van der Waals surface area contributed by atoms with E-state index < -0.39 is 11.8 Å². The number of carbonyl (C=O) groups is 3. The molecule has 0 bridgehead atoms. The molecule has 0 saturated carbocycles. The van der Waals surface area contributed by atoms with E-state index in [9.17, 15) is 14.4 Å². The number of ether oxygens (including phenoxy) is 1. The molecule has 0 unspecified atom stereocenters. The molecule has 4 N–H and O–H groups in total. The van der Waals surface area contributed by atoms with Gasteiger partial charge in [-0.15, -0.1) is 0 Å². The van der Waals surface area contributed by atoms with E-state index in [4.69, 9.17) is 17.0 Å². The van der Waals surface area contributed by atoms with Gasteiger partial charge in [0, 0.05) is 22.6 Å². The average Bonchev–Trinajstić information content (AvgIpc) is 2.77. The lowest BCUT2D eigenvalue weighted by Crippen LogP contribution is -2.49. The van der Waals surface area contributed by atoms with E-state index in [-0.39, 0.29) is 17.6 Å². The third kappa shape index (κ3) is 6.98. The van der Waals surface area contributed by atoms with Crippen molar-refractivity contribution in [2.45, 2.75) is 6.92 Å². The SMILES string of the molecule is CC(=O)Nc1ccc(C(=O)NNC(=S)NC(=O)COc2ccc3cc(Br)ccc3c2Br)cc1. The van der Waals surface area contributed by atoms with Gasteiger partial charge < -0.3 is 10.1 Å². The van der Waals surface area contributed by atoms with Crippen LogP contribution in [0.4, 0.5) is 5.69 Å². The van der Waals surface area contributed by atoms with Crippen LogP contribution in [0.2, 0.25) is 0 Å². The van der Waals surface area contributed by atoms with Gasteiger partial charge in [0.15, 0.2) is 11.7 Å². The molecule has 0 aliphatic carbocycles. The second-order valence-corrected chi connectivity index (χ2v) is 8.86. The van der Waals surface area contributed by atoms with Crippen LogP contribution < -0.4 is 26.2 Å². The summed E-state index contributed by atoms with van der Waals surface area (Å²) in [7, 11) is 0. The quantitative estimate of drug-likeness (QED) is 0.263. The van der Waals surface area contributed by atoms with Crippen molar-refractivity contribution in [3.63, 3.8) is 0 Å². The lowest BCUT2D eigenvalue weighted by molar-refractivity contribution is -0.121. The van der Waals surface area contributed by atoms with Gasteiger partial charge in [-0.1, -0.05) is 28.1 Å². The maximum Gasteiger partial charge on any atom is 0.269 e. The summed E-state index contributed by atoms with van der Waals surface area (Å²) >= 11 is 12.0. The van der Waals surface area contributed by atoms with Crippen LogP contribution >= 0.6 is 44.1 Å². The first-order chi connectivity index (χ1) is 15.7. The van der Waals surface area contributed by atoms with Crippen molar-refractivity contribution in [2.24, 2.45) is 0 Å². The van der Waals surface area contributed by atoms with E-state index in [1.54, 1.807) is 18.2 Å². The van der Waals surface area contributed by atoms with Gasteiger partial charge in [0.2, 0.25) is 5.91 Å². The fourth-order valence-corrected chi connectivity index (χ4v) is 3.94. The van der Waals surface area contributed by atoms with Crippen LogP contribution in [0.25, 0.3) is 10.8 Å². The van der Waals surface area contributed by atoms with Crippen LogP contribution in [0.5, 0.6) is 5.75 Å². The molecule has 0 atom stereocenters. The van der Waals surface area contributed by atoms with E-state index in [2.05, 4.69) is 53.3 Å². The molecule has 0 aliphatic heterocycles. The van der Waals surface area contributed by atoms with Crippen molar-refractivity contribution in [3.05, 3.63) is 69.1 Å². The predicted octanol–water partition coefficient (Wildman–Crippen LogP) is 4.04. The highest BCUT2D eigenvalue weighted by Crippen LogP contribution is 2.34. The number of rotatable bonds is 5. The lowest BCUT2D eigenvalue weighted by atomic mass is 10.1. The summed E-state index contributed by atoms with van der Waals surface area (Å²) in [4.78, 5) is 35.4. The van der Waals surface area contributed by atoms with Gasteiger partial charge in [-0.05, 0) is 81.4 Å². The molecular weight excluding hydrogens is 576 g/mol. The third-order valence-corrected chi connectivity index (χ3v) is 5.76. The molecule has 3 aromatic carbocycles. The summed E-state index contributed by atoms with van der Waals surface area (Å²) in [6.07, 6.45) is 0. The summed E-state index contributed by atoms with van der Waals surface area (Å²) in [5.74, 6) is -0.664. The summed E-state index contributed by atoms with van der Waals surface area (Å²) in [5, 5.41) is 6.90. The number of halogens is 2. The van der Waals surface area contributed by atoms with Crippen LogP contribution in [0, 0.1) is 0 Å². The molecule has 0 fully saturated rings. The fraction of sp³-hybridized carbons (Fsp3) is 0.0909. The Bertz CT molecular complexity index is 1240. The Morgan fingerprint density at radius 3 is 2.39 bits per heavy atom. The first kappa shape index (κ1) is 24.6. The van der Waals surface area contributed by atoms with E-state index in [0.29, 0.717) is 17.0 Å². The lowest BCUT2D eigenvalue weighted by Gasteiger charge is -2.13. The number of carbonyl (C=O) groups excluding carboxylic acids is 3. The number of hydrogen-bond acceptors (Lipinski definition) is 5. The molecule has 11 heteroatoms. The largest absolute Gasteiger partial charge is 0.483 e. The number of thiocarbonyl (C=S) groups is 1. The van der Waals surface area contributed by atoms with Gasteiger partial charge in [-0.3, -0.25) is 30.6 Å². The third-order valence-electron chi connectivity index (χ3n) is 4.25. The number of hydrogen-bond donors (Lipinski definition) is 4. The van der Waals surface area contributed by atoms with Crippen molar-refractivity contribution < 1.29 is 19.1 Å². The Balaban J connectivity index is 1.47. The number of amides is 3. The standard InChI is InChI=1S/C22H18Br2N4O4S/c1-12(29)25-16-6-2-13(3-7-16)21(31)27-28-22(33)26-19(30)11-32-18-9-4-14-10-15(23)5-8-17(14)20(18)24/h2-10H,11H2,1H3,(H,25,29)(H,27,31)(H2,26,28,30,33). The summed E-state index contributed by atoms with van der Waals surface area (Å²) < 4.78 is 7.29. The summed E-state index contributed by atoms with van der Waals surface area (Å²) in [6, 6.07) is 15.8. The van der Waals surface area contributed by atoms with Gasteiger partial charge in [0.25, 0.3) is 11.8 Å². The van der Waals surface area contributed by atoms with Gasteiger partial charge in [-0.2, -0.15) is 0 Å². The van der Waals surface area contributed by atoms with E-state index in [0.717, 1.165) is 19.7 Å². The molecule has 3 aromatic rings. The maximum atomic E-state index is 12.2. The topological polar surface area (TPSA) is 109 Å². The number of hydrazine groups is 1. The smallest absolute Gasteiger partial charge is 0.269 e. The minimum Gasteiger partial charge on any atom is -0.483 e. The van der Waals surface area contributed by atoms with Gasteiger partial charge >= 0.3 is 0 Å². The highest BCUT2D eigenvalue weighted by molar-refractivity contribution is 9.11. The molecule has 0 aromatic heterocycles. The van der Waals surface area contributed by atoms with Crippen LogP contribution in [0.1, 0.15) is 17.3 Å². The van der Waals surface area contributed by atoms with Crippen LogP contribution in [0.3, 0.4) is 0 Å². The second kappa shape index (κ2) is 11.2. The minimum absolute atomic E-state index is 0.0887. The predicted molar refractivity (Wildman–Crippen MR) is 137 cm³/mol. The average molecular weight is 594 g/mol. The Hall–Kier alpha value is -3.02. The molecule has 33 heavy (non-hydrogen) atoms. The molecule has 0 aliphatic rings. The highest BCUT2D eigenvalue weighted by Gasteiger charge is 2.11. The molecule has 0 heterocycles. The fourth-order valence-electron chi connectivity index (χ4n) is 2.79. The van der Waals surface area contributed by atoms with Crippen molar-refractivity contribution >= 4 is 83.4 Å². The van der Waals surface area contributed by atoms with E-state index >= 15 is 0 Å². The first-order valence-corrected chi connectivity index (χ1v) is 11.5. The Labute approximate surface area is 211 Å². The van der Waals surface area contributed by atoms with Gasteiger partial charge in [0.1, 0.15) is 5.75 Å². The van der Waals surface area contributed by atoms with Crippen molar-refractivity contribution in [1.82, 2.24) is 16.2 Å². The van der Waals surface area contributed by atoms with E-state index in [1.165, 1.54) is 19.1 Å². The second-order valence-electron chi connectivity index (χ2n) is 6.75. The maximum absolute atomic E-state index is 12.2. The molecule has 8 nitrogen and oxygen atoms in total.